The second-order valence-corrected chi connectivity index (χ2v) is 7.41. The number of phenolic OH excluding ortho intramolecular Hbond substituents is 1. The standard InChI is InChI=1S/C13H18N2O4S/c1-13(5-6-14-8-13)12(17)15-10-7-9(20(2,18)19)3-4-11(10)16/h3-4,7,14,16H,5-6,8H2,1-2H3,(H,15,17). The fourth-order valence-electron chi connectivity index (χ4n) is 2.13. The molecule has 7 heteroatoms. The first kappa shape index (κ1) is 14.8. The van der Waals surface area contributed by atoms with Crippen molar-refractivity contribution in [2.75, 3.05) is 24.7 Å². The van der Waals surface area contributed by atoms with Gasteiger partial charge in [-0.25, -0.2) is 8.42 Å². The third-order valence-electron chi connectivity index (χ3n) is 3.56. The second-order valence-electron chi connectivity index (χ2n) is 5.39. The molecule has 110 valence electrons. The van der Waals surface area contributed by atoms with Gasteiger partial charge in [-0.2, -0.15) is 0 Å². The van der Waals surface area contributed by atoms with Gasteiger partial charge in [-0.05, 0) is 38.1 Å². The summed E-state index contributed by atoms with van der Waals surface area (Å²) >= 11 is 0. The molecule has 1 unspecified atom stereocenters. The average Bonchev–Trinajstić information content (AvgIpc) is 2.79. The molecule has 1 aromatic carbocycles. The quantitative estimate of drug-likeness (QED) is 0.715. The zero-order chi connectivity index (χ0) is 15.0. The molecule has 1 aliphatic heterocycles. The monoisotopic (exact) mass is 298 g/mol. The molecule has 20 heavy (non-hydrogen) atoms. The SMILES string of the molecule is CC1(C(=O)Nc2cc(S(C)(=O)=O)ccc2O)CCNC1. The minimum Gasteiger partial charge on any atom is -0.506 e. The summed E-state index contributed by atoms with van der Waals surface area (Å²) in [6, 6.07) is 3.84. The number of aromatic hydroxyl groups is 1. The van der Waals surface area contributed by atoms with Gasteiger partial charge in [0.25, 0.3) is 0 Å². The number of nitrogens with one attached hydrogen (secondary N) is 2. The molecule has 0 bridgehead atoms. The van der Waals surface area contributed by atoms with E-state index in [1.54, 1.807) is 0 Å². The summed E-state index contributed by atoms with van der Waals surface area (Å²) in [5.41, 5.74) is -0.431. The van der Waals surface area contributed by atoms with E-state index in [9.17, 15) is 18.3 Å². The molecule has 0 saturated carbocycles. The van der Waals surface area contributed by atoms with Gasteiger partial charge in [0.15, 0.2) is 9.84 Å². The molecule has 0 aliphatic carbocycles. The highest BCUT2D eigenvalue weighted by Crippen LogP contribution is 2.30. The molecule has 3 N–H and O–H groups in total. The number of amides is 1. The number of phenols is 1. The van der Waals surface area contributed by atoms with Crippen LogP contribution in [0.4, 0.5) is 5.69 Å². The number of benzene rings is 1. The van der Waals surface area contributed by atoms with E-state index in [0.717, 1.165) is 12.8 Å². The van der Waals surface area contributed by atoms with Gasteiger partial charge in [0.1, 0.15) is 5.75 Å². The predicted octanol–water partition coefficient (Wildman–Crippen LogP) is 0.734. The maximum atomic E-state index is 12.2. The van der Waals surface area contributed by atoms with Crippen LogP contribution in [-0.2, 0) is 14.6 Å². The summed E-state index contributed by atoms with van der Waals surface area (Å²) < 4.78 is 23.0. The molecular weight excluding hydrogens is 280 g/mol. The third-order valence-corrected chi connectivity index (χ3v) is 4.67. The lowest BCUT2D eigenvalue weighted by Gasteiger charge is -2.22. The number of anilines is 1. The number of hydrogen-bond acceptors (Lipinski definition) is 5. The van der Waals surface area contributed by atoms with Crippen molar-refractivity contribution in [2.45, 2.75) is 18.2 Å². The van der Waals surface area contributed by atoms with Crippen molar-refractivity contribution in [3.8, 4) is 5.75 Å². The van der Waals surface area contributed by atoms with E-state index >= 15 is 0 Å². The highest BCUT2D eigenvalue weighted by molar-refractivity contribution is 7.90. The molecule has 0 radical (unpaired) electrons. The Labute approximate surface area is 118 Å². The Morgan fingerprint density at radius 3 is 2.70 bits per heavy atom. The lowest BCUT2D eigenvalue weighted by Crippen LogP contribution is -2.35. The lowest BCUT2D eigenvalue weighted by molar-refractivity contribution is -0.123. The Kier molecular flexibility index (Phi) is 3.75. The maximum absolute atomic E-state index is 12.2. The van der Waals surface area contributed by atoms with Crippen LogP contribution in [0.1, 0.15) is 13.3 Å². The summed E-state index contributed by atoms with van der Waals surface area (Å²) in [5, 5.41) is 15.5. The molecular formula is C13H18N2O4S. The fourth-order valence-corrected chi connectivity index (χ4v) is 2.78. The van der Waals surface area contributed by atoms with Crippen LogP contribution in [0, 0.1) is 5.41 Å². The van der Waals surface area contributed by atoms with Gasteiger partial charge in [-0.1, -0.05) is 0 Å². The van der Waals surface area contributed by atoms with Crippen molar-refractivity contribution < 1.29 is 18.3 Å². The van der Waals surface area contributed by atoms with Crippen molar-refractivity contribution in [3.63, 3.8) is 0 Å². The molecule has 1 aromatic rings. The molecule has 2 rings (SSSR count). The Balaban J connectivity index is 2.27. The number of hydrogen-bond donors (Lipinski definition) is 3. The Bertz CT molecular complexity index is 634. The topological polar surface area (TPSA) is 95.5 Å². The first-order chi connectivity index (χ1) is 9.22. The first-order valence-electron chi connectivity index (χ1n) is 6.28. The zero-order valence-corrected chi connectivity index (χ0v) is 12.3. The fraction of sp³-hybridized carbons (Fsp3) is 0.462. The predicted molar refractivity (Wildman–Crippen MR) is 75.4 cm³/mol. The molecule has 0 aromatic heterocycles. The third kappa shape index (κ3) is 2.94. The summed E-state index contributed by atoms with van der Waals surface area (Å²) in [6.07, 6.45) is 1.78. The Hall–Kier alpha value is -1.60. The molecule has 1 saturated heterocycles. The molecule has 0 spiro atoms. The molecule has 1 atom stereocenters. The van der Waals surface area contributed by atoms with E-state index in [-0.39, 0.29) is 22.2 Å². The number of rotatable bonds is 3. The van der Waals surface area contributed by atoms with Crippen molar-refractivity contribution >= 4 is 21.4 Å². The van der Waals surface area contributed by atoms with E-state index in [2.05, 4.69) is 10.6 Å². The van der Waals surface area contributed by atoms with Crippen LogP contribution in [0.15, 0.2) is 23.1 Å². The van der Waals surface area contributed by atoms with Crippen LogP contribution >= 0.6 is 0 Å². The number of sulfone groups is 1. The van der Waals surface area contributed by atoms with Crippen molar-refractivity contribution in [1.82, 2.24) is 5.32 Å². The van der Waals surface area contributed by atoms with Crippen LogP contribution in [-0.4, -0.2) is 38.8 Å². The van der Waals surface area contributed by atoms with Crippen LogP contribution < -0.4 is 10.6 Å². The largest absolute Gasteiger partial charge is 0.506 e. The average molecular weight is 298 g/mol. The van der Waals surface area contributed by atoms with Gasteiger partial charge in [-0.3, -0.25) is 4.79 Å². The lowest BCUT2D eigenvalue weighted by atomic mass is 9.88. The highest BCUT2D eigenvalue weighted by atomic mass is 32.2. The normalized spacial score (nSPS) is 22.7. The van der Waals surface area contributed by atoms with E-state index in [1.165, 1.54) is 18.2 Å². The van der Waals surface area contributed by atoms with Gasteiger partial charge in [-0.15, -0.1) is 0 Å². The minimum absolute atomic E-state index is 0.0558. The van der Waals surface area contributed by atoms with Crippen LogP contribution in [0.2, 0.25) is 0 Å². The van der Waals surface area contributed by atoms with Gasteiger partial charge < -0.3 is 15.7 Å². The van der Waals surface area contributed by atoms with Gasteiger partial charge in [0.05, 0.1) is 16.0 Å². The molecule has 1 fully saturated rings. The number of carbonyl (C=O) groups excluding carboxylic acids is 1. The molecule has 1 heterocycles. The molecule has 6 nitrogen and oxygen atoms in total. The van der Waals surface area contributed by atoms with E-state index in [0.29, 0.717) is 13.0 Å². The maximum Gasteiger partial charge on any atom is 0.231 e. The first-order valence-corrected chi connectivity index (χ1v) is 8.17. The molecule has 1 aliphatic rings. The van der Waals surface area contributed by atoms with Crippen LogP contribution in [0.25, 0.3) is 0 Å². The van der Waals surface area contributed by atoms with Crippen LogP contribution in [0.3, 0.4) is 0 Å². The summed E-state index contributed by atoms with van der Waals surface area (Å²) in [6.45, 7) is 3.16. The van der Waals surface area contributed by atoms with Crippen molar-refractivity contribution in [1.29, 1.82) is 0 Å². The van der Waals surface area contributed by atoms with Gasteiger partial charge in [0, 0.05) is 12.8 Å². The van der Waals surface area contributed by atoms with Gasteiger partial charge >= 0.3 is 0 Å². The minimum atomic E-state index is -3.39. The van der Waals surface area contributed by atoms with E-state index < -0.39 is 15.3 Å². The van der Waals surface area contributed by atoms with E-state index in [4.69, 9.17) is 0 Å². The Morgan fingerprint density at radius 2 is 2.15 bits per heavy atom. The summed E-state index contributed by atoms with van der Waals surface area (Å²) in [4.78, 5) is 12.3. The van der Waals surface area contributed by atoms with Crippen molar-refractivity contribution in [2.24, 2.45) is 5.41 Å². The zero-order valence-electron chi connectivity index (χ0n) is 11.4. The summed E-state index contributed by atoms with van der Waals surface area (Å²) in [7, 11) is -3.39. The smallest absolute Gasteiger partial charge is 0.231 e. The second kappa shape index (κ2) is 5.06. The van der Waals surface area contributed by atoms with E-state index in [1.807, 2.05) is 6.92 Å². The summed E-state index contributed by atoms with van der Waals surface area (Å²) in [5.74, 6) is -0.385. The highest BCUT2D eigenvalue weighted by Gasteiger charge is 2.36. The Morgan fingerprint density at radius 1 is 1.45 bits per heavy atom. The number of carbonyl (C=O) groups is 1. The van der Waals surface area contributed by atoms with Crippen LogP contribution in [0.5, 0.6) is 5.75 Å². The van der Waals surface area contributed by atoms with Gasteiger partial charge in [0.2, 0.25) is 5.91 Å². The van der Waals surface area contributed by atoms with Crippen molar-refractivity contribution in [3.05, 3.63) is 18.2 Å². The molecule has 1 amide bonds.